The van der Waals surface area contributed by atoms with Crippen LogP contribution >= 0.6 is 7.60 Å². The molecule has 0 rings (SSSR count). The van der Waals surface area contributed by atoms with E-state index in [1.807, 2.05) is 21.1 Å². The van der Waals surface area contributed by atoms with E-state index in [4.69, 9.17) is 14.0 Å². The lowest BCUT2D eigenvalue weighted by Gasteiger charge is -2.26. The summed E-state index contributed by atoms with van der Waals surface area (Å²) in [7, 11) is 3.53. The van der Waals surface area contributed by atoms with E-state index in [0.29, 0.717) is 24.2 Å². The monoisotopic (exact) mass is 519 g/mol. The topological polar surface area (TPSA) is 67.8 Å². The summed E-state index contributed by atoms with van der Waals surface area (Å²) in [5, 5.41) is 0. The fourth-order valence-corrected chi connectivity index (χ4v) is 4.67. The van der Waals surface area contributed by atoms with Gasteiger partial charge in [0.05, 0.1) is 33.9 Å². The highest BCUT2D eigenvalue weighted by molar-refractivity contribution is 7.54. The summed E-state index contributed by atoms with van der Waals surface area (Å²) in [5.74, 6) is 1.11. The van der Waals surface area contributed by atoms with Crippen molar-refractivity contribution in [3.63, 3.8) is 0 Å². The van der Waals surface area contributed by atoms with Crippen LogP contribution in [0.4, 0.5) is 0 Å². The summed E-state index contributed by atoms with van der Waals surface area (Å²) < 4.78 is 28.7. The molecule has 0 heterocycles. The SMILES string of the molecule is CCCCCCCCCCCCCCCCCCOC[C@H](/C=C/P(=O)([O-])OCC[N+](C)(C)C)OC. The molecule has 0 amide bonds. The van der Waals surface area contributed by atoms with E-state index in [-0.39, 0.29) is 12.7 Å². The molecule has 0 N–H and O–H groups in total. The predicted octanol–water partition coefficient (Wildman–Crippen LogP) is 7.07. The third-order valence-electron chi connectivity index (χ3n) is 6.24. The maximum Gasteiger partial charge on any atom is 0.157 e. The van der Waals surface area contributed by atoms with Crippen LogP contribution in [0.15, 0.2) is 11.9 Å². The van der Waals surface area contributed by atoms with Crippen molar-refractivity contribution in [3.05, 3.63) is 11.9 Å². The Kier molecular flexibility index (Phi) is 22.8. The lowest BCUT2D eigenvalue weighted by atomic mass is 10.0. The third-order valence-corrected chi connectivity index (χ3v) is 7.32. The molecule has 0 aliphatic heterocycles. The Hall–Kier alpha value is -0.230. The second-order valence-electron chi connectivity index (χ2n) is 10.9. The number of methoxy groups -OCH3 is 1. The van der Waals surface area contributed by atoms with E-state index >= 15 is 0 Å². The summed E-state index contributed by atoms with van der Waals surface area (Å²) in [4.78, 5) is 12.0. The Bertz CT molecular complexity index is 536. The standard InChI is InChI=1S/C28H58NO5P/c1-6-7-8-9-10-11-12-13-14-15-16-17-18-19-20-21-24-33-27-28(32-5)22-26-35(30,31)34-25-23-29(2,3)4/h22,26,28H,6-21,23-25,27H2,1-5H3/b26-22+/t28-/m0/s1. The van der Waals surface area contributed by atoms with Crippen LogP contribution in [0, 0.1) is 0 Å². The maximum absolute atomic E-state index is 12.0. The Labute approximate surface area is 217 Å². The largest absolute Gasteiger partial charge is 0.775 e. The molecule has 0 aliphatic carbocycles. The molecule has 0 spiro atoms. The zero-order chi connectivity index (χ0) is 26.3. The molecule has 210 valence electrons. The number of hydrogen-bond acceptors (Lipinski definition) is 5. The Morgan fingerprint density at radius 1 is 0.771 bits per heavy atom. The van der Waals surface area contributed by atoms with Crippen molar-refractivity contribution in [1.82, 2.24) is 0 Å². The summed E-state index contributed by atoms with van der Waals surface area (Å²) in [6.45, 7) is 4.10. The minimum atomic E-state index is -4.00. The van der Waals surface area contributed by atoms with Crippen molar-refractivity contribution in [2.45, 2.75) is 116 Å². The van der Waals surface area contributed by atoms with Crippen molar-refractivity contribution >= 4 is 7.60 Å². The molecular formula is C28H58NO5P. The molecular weight excluding hydrogens is 461 g/mol. The first-order chi connectivity index (χ1) is 16.7. The highest BCUT2D eigenvalue weighted by atomic mass is 31.2. The highest BCUT2D eigenvalue weighted by Gasteiger charge is 2.11. The minimum absolute atomic E-state index is 0.169. The van der Waals surface area contributed by atoms with Crippen LogP contribution in [0.3, 0.4) is 0 Å². The molecule has 0 aliphatic rings. The van der Waals surface area contributed by atoms with Gasteiger partial charge in [0.2, 0.25) is 0 Å². The van der Waals surface area contributed by atoms with Gasteiger partial charge in [0.1, 0.15) is 13.2 Å². The molecule has 0 bridgehead atoms. The fourth-order valence-electron chi connectivity index (χ4n) is 3.84. The smallest absolute Gasteiger partial charge is 0.157 e. The Morgan fingerprint density at radius 3 is 1.66 bits per heavy atom. The summed E-state index contributed by atoms with van der Waals surface area (Å²) >= 11 is 0. The van der Waals surface area contributed by atoms with Gasteiger partial charge in [0.15, 0.2) is 7.60 Å². The molecule has 0 aromatic rings. The van der Waals surface area contributed by atoms with Gasteiger partial charge in [0, 0.05) is 13.7 Å². The van der Waals surface area contributed by atoms with Crippen molar-refractivity contribution < 1.29 is 27.9 Å². The van der Waals surface area contributed by atoms with E-state index in [2.05, 4.69) is 6.92 Å². The van der Waals surface area contributed by atoms with Gasteiger partial charge in [-0.05, 0) is 18.3 Å². The van der Waals surface area contributed by atoms with Gasteiger partial charge in [-0.15, -0.1) is 0 Å². The zero-order valence-electron chi connectivity index (χ0n) is 23.8. The quantitative estimate of drug-likeness (QED) is 0.0694. The van der Waals surface area contributed by atoms with Crippen LogP contribution in [0.5, 0.6) is 0 Å². The summed E-state index contributed by atoms with van der Waals surface area (Å²) in [6.07, 6.45) is 22.7. The van der Waals surface area contributed by atoms with Crippen LogP contribution in [0.25, 0.3) is 0 Å². The number of unbranched alkanes of at least 4 members (excludes halogenated alkanes) is 15. The number of nitrogens with zero attached hydrogens (tertiary/aromatic N) is 1. The molecule has 1 unspecified atom stereocenters. The number of rotatable bonds is 26. The average Bonchev–Trinajstić information content (AvgIpc) is 2.79. The van der Waals surface area contributed by atoms with E-state index < -0.39 is 7.60 Å². The van der Waals surface area contributed by atoms with Crippen molar-refractivity contribution in [2.24, 2.45) is 0 Å². The molecule has 35 heavy (non-hydrogen) atoms. The molecule has 0 saturated heterocycles. The molecule has 0 saturated carbocycles. The number of quaternary nitrogens is 1. The fraction of sp³-hybridized carbons (Fsp3) is 0.929. The van der Waals surface area contributed by atoms with Crippen LogP contribution in [-0.2, 0) is 18.6 Å². The van der Waals surface area contributed by atoms with Gasteiger partial charge in [-0.2, -0.15) is 0 Å². The molecule has 0 radical (unpaired) electrons. The summed E-state index contributed by atoms with van der Waals surface area (Å²) in [6, 6.07) is 0. The summed E-state index contributed by atoms with van der Waals surface area (Å²) in [5.41, 5.74) is 0. The normalized spacial score (nSPS) is 15.0. The van der Waals surface area contributed by atoms with E-state index in [1.165, 1.54) is 102 Å². The Morgan fingerprint density at radius 2 is 1.23 bits per heavy atom. The van der Waals surface area contributed by atoms with Crippen molar-refractivity contribution in [1.29, 1.82) is 0 Å². The van der Waals surface area contributed by atoms with Gasteiger partial charge in [-0.1, -0.05) is 103 Å². The van der Waals surface area contributed by atoms with Crippen molar-refractivity contribution in [3.8, 4) is 0 Å². The lowest BCUT2D eigenvalue weighted by molar-refractivity contribution is -0.870. The predicted molar refractivity (Wildman–Crippen MR) is 147 cm³/mol. The first-order valence-electron chi connectivity index (χ1n) is 14.3. The van der Waals surface area contributed by atoms with Gasteiger partial charge in [0.25, 0.3) is 0 Å². The molecule has 0 aromatic carbocycles. The van der Waals surface area contributed by atoms with Crippen LogP contribution < -0.4 is 4.89 Å². The minimum Gasteiger partial charge on any atom is -0.775 e. The first-order valence-corrected chi connectivity index (χ1v) is 15.9. The molecule has 7 heteroatoms. The van der Waals surface area contributed by atoms with Gasteiger partial charge in [-0.3, -0.25) is 0 Å². The van der Waals surface area contributed by atoms with Gasteiger partial charge < -0.3 is 27.9 Å². The highest BCUT2D eigenvalue weighted by Crippen LogP contribution is 2.38. The molecule has 0 fully saturated rings. The first kappa shape index (κ1) is 34.8. The Balaban J connectivity index is 3.57. The second-order valence-corrected chi connectivity index (χ2v) is 12.5. The zero-order valence-corrected chi connectivity index (χ0v) is 24.7. The van der Waals surface area contributed by atoms with E-state index in [0.717, 1.165) is 12.2 Å². The number of likely N-dealkylation sites (N-methyl/N-ethyl adjacent to an activating group) is 1. The third kappa shape index (κ3) is 26.6. The average molecular weight is 520 g/mol. The molecule has 6 nitrogen and oxygen atoms in total. The van der Waals surface area contributed by atoms with Gasteiger partial charge in [-0.25, -0.2) is 0 Å². The molecule has 2 atom stereocenters. The van der Waals surface area contributed by atoms with Gasteiger partial charge >= 0.3 is 0 Å². The van der Waals surface area contributed by atoms with E-state index in [1.54, 1.807) is 7.11 Å². The van der Waals surface area contributed by atoms with Crippen LogP contribution in [0.1, 0.15) is 110 Å². The lowest BCUT2D eigenvalue weighted by Crippen LogP contribution is -2.37. The molecule has 0 aromatic heterocycles. The van der Waals surface area contributed by atoms with E-state index in [9.17, 15) is 9.46 Å². The second kappa shape index (κ2) is 22.9. The number of hydrogen-bond donors (Lipinski definition) is 0. The van der Waals surface area contributed by atoms with Crippen molar-refractivity contribution in [2.75, 3.05) is 54.6 Å². The maximum atomic E-state index is 12.0. The number of ether oxygens (including phenoxy) is 2. The van der Waals surface area contributed by atoms with Crippen LogP contribution in [-0.4, -0.2) is 65.2 Å². The van der Waals surface area contributed by atoms with Crippen LogP contribution in [0.2, 0.25) is 0 Å².